The number of anilines is 2. The van der Waals surface area contributed by atoms with Crippen LogP contribution in [0, 0.1) is 17.8 Å². The maximum absolute atomic E-state index is 14.2. The number of nitrogens with zero attached hydrogens (tertiary/aromatic N) is 2. The molecule has 4 rings (SSSR count). The van der Waals surface area contributed by atoms with Crippen LogP contribution in [-0.2, 0) is 12.1 Å². The molecule has 0 saturated heterocycles. The highest BCUT2D eigenvalue weighted by molar-refractivity contribution is 6.32. The minimum atomic E-state index is -4.91. The predicted octanol–water partition coefficient (Wildman–Crippen LogP) is 3.49. The molecule has 1 unspecified atom stereocenters. The number of urea groups is 1. The molecule has 1 fully saturated rings. The summed E-state index contributed by atoms with van der Waals surface area (Å²) in [5, 5.41) is 4.06. The topological polar surface area (TPSA) is 102 Å². The van der Waals surface area contributed by atoms with Crippen molar-refractivity contribution in [3.63, 3.8) is 0 Å². The molecule has 1 aromatic heterocycles. The van der Waals surface area contributed by atoms with Crippen LogP contribution in [0.4, 0.5) is 29.3 Å². The van der Waals surface area contributed by atoms with E-state index in [0.29, 0.717) is 12.8 Å². The lowest BCUT2D eigenvalue weighted by atomic mass is 9.85. The number of nitrogens with one attached hydrogen (secondary N) is 2. The van der Waals surface area contributed by atoms with Gasteiger partial charge in [-0.1, -0.05) is 35.0 Å². The van der Waals surface area contributed by atoms with E-state index in [9.17, 15) is 22.8 Å². The van der Waals surface area contributed by atoms with Gasteiger partial charge in [0.15, 0.2) is 5.15 Å². The Hall–Kier alpha value is -2.90. The summed E-state index contributed by atoms with van der Waals surface area (Å²) in [7, 11) is 0. The Labute approximate surface area is 183 Å². The van der Waals surface area contributed by atoms with Gasteiger partial charge >= 0.3 is 12.2 Å². The first kappa shape index (κ1) is 21.3. The Morgan fingerprint density at radius 2 is 2.00 bits per heavy atom. The smallest absolute Gasteiger partial charge is 0.392 e. The summed E-state index contributed by atoms with van der Waals surface area (Å²) >= 11 is 12.0. The van der Waals surface area contributed by atoms with E-state index in [2.05, 4.69) is 22.1 Å². The third-order valence-corrected chi connectivity index (χ3v) is 5.62. The molecule has 31 heavy (non-hydrogen) atoms. The fraction of sp³-hybridized carbons (Fsp3) is 0.316. The number of carbonyl (C=O) groups is 1. The standard InChI is InChI=1S/C19H14Cl2F3N5O2/c20-12-6-11-13(5-10(12)7-29-8-26-15(21)14(25)16(29)30)27-17(31)28-18(11,19(22,23)24)4-3-9-1-2-9/h5-6,8-9H,1-2,7,25H2,(H2,27,28,31). The Morgan fingerprint density at radius 3 is 2.65 bits per heavy atom. The fourth-order valence-electron chi connectivity index (χ4n) is 3.16. The van der Waals surface area contributed by atoms with Crippen molar-refractivity contribution in [3.8, 4) is 11.8 Å². The number of amides is 2. The summed E-state index contributed by atoms with van der Waals surface area (Å²) in [6.07, 6.45) is -2.34. The van der Waals surface area contributed by atoms with Crippen LogP contribution >= 0.6 is 23.2 Å². The average Bonchev–Trinajstić information content (AvgIpc) is 3.51. The summed E-state index contributed by atoms with van der Waals surface area (Å²) in [6.45, 7) is -0.157. The molecule has 2 heterocycles. The van der Waals surface area contributed by atoms with Gasteiger partial charge in [0.1, 0.15) is 5.69 Å². The van der Waals surface area contributed by atoms with Crippen LogP contribution in [0.1, 0.15) is 24.0 Å². The number of carbonyl (C=O) groups excluding carboxylic acids is 1. The van der Waals surface area contributed by atoms with E-state index in [1.54, 1.807) is 0 Å². The maximum atomic E-state index is 14.2. The predicted molar refractivity (Wildman–Crippen MR) is 109 cm³/mol. The molecular formula is C19H14Cl2F3N5O2. The molecule has 0 spiro atoms. The van der Waals surface area contributed by atoms with Gasteiger partial charge in [0.25, 0.3) is 5.56 Å². The summed E-state index contributed by atoms with van der Waals surface area (Å²) in [5.41, 5.74) is 1.58. The first-order valence-electron chi connectivity index (χ1n) is 9.04. The van der Waals surface area contributed by atoms with Gasteiger partial charge in [0.2, 0.25) is 5.54 Å². The molecule has 1 atom stereocenters. The molecular weight excluding hydrogens is 458 g/mol. The van der Waals surface area contributed by atoms with Crippen LogP contribution in [0.25, 0.3) is 0 Å². The van der Waals surface area contributed by atoms with Gasteiger partial charge in [0.05, 0.1) is 12.9 Å². The number of alkyl halides is 3. The van der Waals surface area contributed by atoms with Gasteiger partial charge in [-0.2, -0.15) is 13.2 Å². The Balaban J connectivity index is 1.83. The summed E-state index contributed by atoms with van der Waals surface area (Å²) < 4.78 is 43.6. The molecule has 2 amide bonds. The van der Waals surface area contributed by atoms with E-state index in [-0.39, 0.29) is 45.1 Å². The number of nitrogens with two attached hydrogens (primary N) is 1. The number of nitrogen functional groups attached to an aromatic ring is 1. The minimum Gasteiger partial charge on any atom is -0.392 e. The van der Waals surface area contributed by atoms with Crippen molar-refractivity contribution < 1.29 is 18.0 Å². The van der Waals surface area contributed by atoms with Crippen molar-refractivity contribution in [1.29, 1.82) is 0 Å². The van der Waals surface area contributed by atoms with Crippen molar-refractivity contribution in [2.45, 2.75) is 31.1 Å². The second-order valence-electron chi connectivity index (χ2n) is 7.24. The largest absolute Gasteiger partial charge is 0.427 e. The van der Waals surface area contributed by atoms with Crippen molar-refractivity contribution in [2.75, 3.05) is 11.1 Å². The highest BCUT2D eigenvalue weighted by atomic mass is 35.5. The molecule has 1 aliphatic carbocycles. The zero-order valence-corrected chi connectivity index (χ0v) is 17.1. The fourth-order valence-corrected chi connectivity index (χ4v) is 3.50. The second-order valence-corrected chi connectivity index (χ2v) is 8.01. The summed E-state index contributed by atoms with van der Waals surface area (Å²) in [4.78, 5) is 28.2. The van der Waals surface area contributed by atoms with Crippen LogP contribution < -0.4 is 21.9 Å². The second kappa shape index (κ2) is 7.35. The number of benzene rings is 1. The van der Waals surface area contributed by atoms with Crippen molar-refractivity contribution >= 4 is 40.6 Å². The van der Waals surface area contributed by atoms with Gasteiger partial charge in [-0.15, -0.1) is 0 Å². The van der Waals surface area contributed by atoms with Crippen molar-refractivity contribution in [1.82, 2.24) is 14.9 Å². The molecule has 2 aromatic rings. The monoisotopic (exact) mass is 471 g/mol. The Morgan fingerprint density at radius 1 is 1.29 bits per heavy atom. The van der Waals surface area contributed by atoms with Gasteiger partial charge < -0.3 is 16.4 Å². The SMILES string of the molecule is Nc1c(Cl)ncn(Cc2cc3c(cc2Cl)C(C#CC2CC2)(C(F)(F)F)NC(=O)N3)c1=O. The van der Waals surface area contributed by atoms with Crippen molar-refractivity contribution in [2.24, 2.45) is 5.92 Å². The molecule has 1 aliphatic heterocycles. The quantitative estimate of drug-likeness (QED) is 0.460. The molecule has 7 nitrogen and oxygen atoms in total. The van der Waals surface area contributed by atoms with E-state index < -0.39 is 23.3 Å². The van der Waals surface area contributed by atoms with Gasteiger partial charge in [0, 0.05) is 22.2 Å². The highest BCUT2D eigenvalue weighted by Crippen LogP contribution is 2.45. The van der Waals surface area contributed by atoms with Gasteiger partial charge in [-0.3, -0.25) is 9.36 Å². The number of aromatic nitrogens is 2. The molecule has 162 valence electrons. The first-order valence-corrected chi connectivity index (χ1v) is 9.79. The molecule has 0 radical (unpaired) electrons. The molecule has 2 aliphatic rings. The lowest BCUT2D eigenvalue weighted by molar-refractivity contribution is -0.178. The van der Waals surface area contributed by atoms with Gasteiger partial charge in [-0.05, 0) is 30.5 Å². The zero-order chi connectivity index (χ0) is 22.6. The minimum absolute atomic E-state index is 0.0565. The van der Waals surface area contributed by atoms with E-state index in [4.69, 9.17) is 28.9 Å². The van der Waals surface area contributed by atoms with E-state index in [1.165, 1.54) is 6.07 Å². The van der Waals surface area contributed by atoms with Crippen LogP contribution in [0.15, 0.2) is 23.3 Å². The van der Waals surface area contributed by atoms with Crippen LogP contribution in [0.2, 0.25) is 10.2 Å². The normalized spacial score (nSPS) is 20.2. The molecule has 1 saturated carbocycles. The summed E-state index contributed by atoms with van der Waals surface area (Å²) in [5.74, 6) is 4.71. The number of fused-ring (bicyclic) bond motifs is 1. The number of rotatable bonds is 2. The van der Waals surface area contributed by atoms with Crippen LogP contribution in [0.5, 0.6) is 0 Å². The molecule has 4 N–H and O–H groups in total. The molecule has 0 bridgehead atoms. The van der Waals surface area contributed by atoms with E-state index in [0.717, 1.165) is 17.0 Å². The molecule has 1 aromatic carbocycles. The van der Waals surface area contributed by atoms with E-state index in [1.807, 2.05) is 5.32 Å². The highest BCUT2D eigenvalue weighted by Gasteiger charge is 2.59. The van der Waals surface area contributed by atoms with Crippen LogP contribution in [-0.4, -0.2) is 21.8 Å². The first-order chi connectivity index (χ1) is 14.5. The number of hydrogen-bond donors (Lipinski definition) is 3. The van der Waals surface area contributed by atoms with Crippen molar-refractivity contribution in [3.05, 3.63) is 50.1 Å². The zero-order valence-electron chi connectivity index (χ0n) is 15.6. The third-order valence-electron chi connectivity index (χ3n) is 4.97. The van der Waals surface area contributed by atoms with Gasteiger partial charge in [-0.25, -0.2) is 9.78 Å². The number of hydrogen-bond acceptors (Lipinski definition) is 4. The van der Waals surface area contributed by atoms with Crippen LogP contribution in [0.3, 0.4) is 0 Å². The maximum Gasteiger partial charge on any atom is 0.427 e. The van der Waals surface area contributed by atoms with E-state index >= 15 is 0 Å². The third kappa shape index (κ3) is 3.79. The lowest BCUT2D eigenvalue weighted by Gasteiger charge is -2.37. The number of halogens is 5. The summed E-state index contributed by atoms with van der Waals surface area (Å²) in [6, 6.07) is 1.30. The molecule has 12 heteroatoms. The average molecular weight is 472 g/mol. The Kier molecular flexibility index (Phi) is 5.06. The lowest BCUT2D eigenvalue weighted by Crippen LogP contribution is -2.59. The Bertz CT molecular complexity index is 1210.